The van der Waals surface area contributed by atoms with Gasteiger partial charge in [0.05, 0.1) is 31.0 Å². The minimum atomic E-state index is -0.184. The van der Waals surface area contributed by atoms with Gasteiger partial charge in [-0.05, 0) is 47.2 Å². The lowest BCUT2D eigenvalue weighted by Gasteiger charge is -2.21. The van der Waals surface area contributed by atoms with E-state index in [0.717, 1.165) is 15.7 Å². The van der Waals surface area contributed by atoms with E-state index in [2.05, 4.69) is 26.2 Å². The maximum absolute atomic E-state index is 6.26. The SMILES string of the molecule is CNC(c1ccc(OC)c(Br)c1OC)c1ncccc1Cl. The summed E-state index contributed by atoms with van der Waals surface area (Å²) in [5, 5.41) is 3.83. The Morgan fingerprint density at radius 1 is 1.24 bits per heavy atom. The molecule has 0 saturated carbocycles. The Balaban J connectivity index is 2.58. The highest BCUT2D eigenvalue weighted by Crippen LogP contribution is 2.41. The molecule has 2 rings (SSSR count). The van der Waals surface area contributed by atoms with Crippen LogP contribution in [0.25, 0.3) is 0 Å². The van der Waals surface area contributed by atoms with Crippen LogP contribution in [-0.2, 0) is 0 Å². The Morgan fingerprint density at radius 2 is 2.00 bits per heavy atom. The third kappa shape index (κ3) is 3.15. The van der Waals surface area contributed by atoms with E-state index in [4.69, 9.17) is 21.1 Å². The van der Waals surface area contributed by atoms with Crippen molar-refractivity contribution in [3.8, 4) is 11.5 Å². The van der Waals surface area contributed by atoms with Gasteiger partial charge in [0.1, 0.15) is 16.0 Å². The monoisotopic (exact) mass is 370 g/mol. The van der Waals surface area contributed by atoms with Crippen LogP contribution in [0.3, 0.4) is 0 Å². The summed E-state index contributed by atoms with van der Waals surface area (Å²) in [6, 6.07) is 7.26. The lowest BCUT2D eigenvalue weighted by Crippen LogP contribution is -2.20. The summed E-state index contributed by atoms with van der Waals surface area (Å²) in [6.07, 6.45) is 1.72. The number of pyridine rings is 1. The van der Waals surface area contributed by atoms with Gasteiger partial charge in [0, 0.05) is 11.8 Å². The number of methoxy groups -OCH3 is 2. The van der Waals surface area contributed by atoms with Crippen LogP contribution in [0.1, 0.15) is 17.3 Å². The van der Waals surface area contributed by atoms with Gasteiger partial charge in [-0.2, -0.15) is 0 Å². The average Bonchev–Trinajstić information content (AvgIpc) is 2.50. The first kappa shape index (κ1) is 16.1. The molecule has 0 spiro atoms. The number of benzene rings is 1. The largest absolute Gasteiger partial charge is 0.495 e. The van der Waals surface area contributed by atoms with Gasteiger partial charge < -0.3 is 14.8 Å². The minimum absolute atomic E-state index is 0.184. The molecule has 112 valence electrons. The smallest absolute Gasteiger partial charge is 0.141 e. The Labute approximate surface area is 137 Å². The molecular formula is C15H16BrClN2O2. The maximum Gasteiger partial charge on any atom is 0.141 e. The zero-order valence-corrected chi connectivity index (χ0v) is 14.3. The quantitative estimate of drug-likeness (QED) is 0.867. The van der Waals surface area contributed by atoms with E-state index in [1.54, 1.807) is 26.5 Å². The predicted octanol–water partition coefficient (Wildman–Crippen LogP) is 3.82. The Hall–Kier alpha value is -1.30. The second-order valence-corrected chi connectivity index (χ2v) is 5.50. The van der Waals surface area contributed by atoms with Crippen molar-refractivity contribution >= 4 is 27.5 Å². The average molecular weight is 372 g/mol. The van der Waals surface area contributed by atoms with E-state index in [0.29, 0.717) is 16.5 Å². The van der Waals surface area contributed by atoms with Crippen LogP contribution in [0, 0.1) is 0 Å². The van der Waals surface area contributed by atoms with Gasteiger partial charge in [0.15, 0.2) is 0 Å². The Morgan fingerprint density at radius 3 is 2.57 bits per heavy atom. The van der Waals surface area contributed by atoms with Gasteiger partial charge in [0.2, 0.25) is 0 Å². The highest BCUT2D eigenvalue weighted by atomic mass is 79.9. The molecule has 0 aliphatic carbocycles. The topological polar surface area (TPSA) is 43.4 Å². The molecule has 1 N–H and O–H groups in total. The number of hydrogen-bond acceptors (Lipinski definition) is 4. The van der Waals surface area contributed by atoms with Gasteiger partial charge in [-0.15, -0.1) is 0 Å². The van der Waals surface area contributed by atoms with Gasteiger partial charge >= 0.3 is 0 Å². The summed E-state index contributed by atoms with van der Waals surface area (Å²) in [7, 11) is 5.09. The van der Waals surface area contributed by atoms with E-state index in [1.807, 2.05) is 25.2 Å². The van der Waals surface area contributed by atoms with Gasteiger partial charge in [-0.1, -0.05) is 11.6 Å². The first-order valence-electron chi connectivity index (χ1n) is 6.32. The van der Waals surface area contributed by atoms with Crippen molar-refractivity contribution < 1.29 is 9.47 Å². The van der Waals surface area contributed by atoms with E-state index in [1.165, 1.54) is 0 Å². The van der Waals surface area contributed by atoms with E-state index in [-0.39, 0.29) is 6.04 Å². The van der Waals surface area contributed by atoms with Crippen LogP contribution in [0.2, 0.25) is 5.02 Å². The molecule has 2 aromatic rings. The second-order valence-electron chi connectivity index (χ2n) is 4.30. The lowest BCUT2D eigenvalue weighted by atomic mass is 10.0. The van der Waals surface area contributed by atoms with Crippen molar-refractivity contribution in [2.45, 2.75) is 6.04 Å². The number of rotatable bonds is 5. The van der Waals surface area contributed by atoms with Crippen molar-refractivity contribution in [1.82, 2.24) is 10.3 Å². The number of nitrogens with one attached hydrogen (secondary N) is 1. The van der Waals surface area contributed by atoms with Crippen LogP contribution in [-0.4, -0.2) is 26.3 Å². The summed E-state index contributed by atoms with van der Waals surface area (Å²) in [6.45, 7) is 0. The van der Waals surface area contributed by atoms with E-state index in [9.17, 15) is 0 Å². The second kappa shape index (κ2) is 7.11. The summed E-state index contributed by atoms with van der Waals surface area (Å²) < 4.78 is 11.6. The zero-order valence-electron chi connectivity index (χ0n) is 12.0. The molecule has 0 amide bonds. The fraction of sp³-hybridized carbons (Fsp3) is 0.267. The molecule has 0 bridgehead atoms. The van der Waals surface area contributed by atoms with Crippen molar-refractivity contribution in [2.75, 3.05) is 21.3 Å². The molecule has 4 nitrogen and oxygen atoms in total. The molecule has 1 aromatic carbocycles. The van der Waals surface area contributed by atoms with E-state index < -0.39 is 0 Å². The predicted molar refractivity (Wildman–Crippen MR) is 87.4 cm³/mol. The summed E-state index contributed by atoms with van der Waals surface area (Å²) >= 11 is 9.77. The van der Waals surface area contributed by atoms with Gasteiger partial charge in [0.25, 0.3) is 0 Å². The van der Waals surface area contributed by atoms with Crippen molar-refractivity contribution in [3.63, 3.8) is 0 Å². The molecule has 1 unspecified atom stereocenters. The van der Waals surface area contributed by atoms with Crippen LogP contribution < -0.4 is 14.8 Å². The first-order chi connectivity index (χ1) is 10.1. The molecule has 1 atom stereocenters. The fourth-order valence-corrected chi connectivity index (χ4v) is 3.11. The van der Waals surface area contributed by atoms with Crippen molar-refractivity contribution in [2.24, 2.45) is 0 Å². The van der Waals surface area contributed by atoms with Crippen LogP contribution in [0.15, 0.2) is 34.9 Å². The first-order valence-corrected chi connectivity index (χ1v) is 7.49. The van der Waals surface area contributed by atoms with E-state index >= 15 is 0 Å². The number of aromatic nitrogens is 1. The highest BCUT2D eigenvalue weighted by Gasteiger charge is 2.23. The molecule has 21 heavy (non-hydrogen) atoms. The number of hydrogen-bond donors (Lipinski definition) is 1. The summed E-state index contributed by atoms with van der Waals surface area (Å²) in [5.74, 6) is 1.40. The molecule has 1 heterocycles. The molecule has 0 fully saturated rings. The number of nitrogens with zero attached hydrogens (tertiary/aromatic N) is 1. The summed E-state index contributed by atoms with van der Waals surface area (Å²) in [4.78, 5) is 4.38. The standard InChI is InChI=1S/C15H16BrClN2O2/c1-18-13(14-10(17)5-4-8-19-14)9-6-7-11(20-2)12(16)15(9)21-3/h4-8,13,18H,1-3H3. The molecule has 0 saturated heterocycles. The Bertz CT molecular complexity index is 637. The molecule has 0 aliphatic rings. The number of halogens is 2. The highest BCUT2D eigenvalue weighted by molar-refractivity contribution is 9.10. The van der Waals surface area contributed by atoms with Crippen LogP contribution in [0.5, 0.6) is 11.5 Å². The maximum atomic E-state index is 6.26. The van der Waals surface area contributed by atoms with Crippen molar-refractivity contribution in [3.05, 3.63) is 51.2 Å². The van der Waals surface area contributed by atoms with Crippen molar-refractivity contribution in [1.29, 1.82) is 0 Å². The van der Waals surface area contributed by atoms with Crippen LogP contribution >= 0.6 is 27.5 Å². The molecule has 1 aromatic heterocycles. The zero-order chi connectivity index (χ0) is 15.4. The molecule has 0 radical (unpaired) electrons. The molecule has 6 heteroatoms. The molecular weight excluding hydrogens is 356 g/mol. The normalized spacial score (nSPS) is 12.0. The lowest BCUT2D eigenvalue weighted by molar-refractivity contribution is 0.383. The summed E-state index contributed by atoms with van der Waals surface area (Å²) in [5.41, 5.74) is 1.67. The third-order valence-corrected chi connectivity index (χ3v) is 4.25. The number of ether oxygens (including phenoxy) is 2. The Kier molecular flexibility index (Phi) is 5.45. The van der Waals surface area contributed by atoms with Gasteiger partial charge in [-0.25, -0.2) is 0 Å². The third-order valence-electron chi connectivity index (χ3n) is 3.18. The van der Waals surface area contributed by atoms with Crippen LogP contribution in [0.4, 0.5) is 0 Å². The fourth-order valence-electron chi connectivity index (χ4n) is 2.20. The van der Waals surface area contributed by atoms with Gasteiger partial charge in [-0.3, -0.25) is 4.98 Å². The molecule has 0 aliphatic heterocycles. The minimum Gasteiger partial charge on any atom is -0.495 e.